The molecule has 3 aromatic heterocycles. The predicted molar refractivity (Wildman–Crippen MR) is 116 cm³/mol. The van der Waals surface area contributed by atoms with Gasteiger partial charge >= 0.3 is 6.18 Å². The molecule has 6 nitrogen and oxygen atoms in total. The molecule has 1 amide bonds. The quantitative estimate of drug-likeness (QED) is 0.509. The molecule has 166 valence electrons. The maximum absolute atomic E-state index is 13.8. The summed E-state index contributed by atoms with van der Waals surface area (Å²) in [6, 6.07) is 3.32. The number of alkyl halides is 3. The third-order valence-electron chi connectivity index (χ3n) is 5.88. The van der Waals surface area contributed by atoms with Crippen molar-refractivity contribution in [3.8, 4) is 6.07 Å². The molecule has 0 fully saturated rings. The first-order valence-electron chi connectivity index (χ1n) is 10.2. The van der Waals surface area contributed by atoms with Crippen molar-refractivity contribution in [2.24, 2.45) is 0 Å². The smallest absolute Gasteiger partial charge is 0.362 e. The van der Waals surface area contributed by atoms with Crippen molar-refractivity contribution in [2.45, 2.75) is 50.4 Å². The van der Waals surface area contributed by atoms with Gasteiger partial charge < -0.3 is 10.6 Å². The minimum Gasteiger partial charge on any atom is -0.362 e. The van der Waals surface area contributed by atoms with E-state index in [1.54, 1.807) is 17.5 Å². The van der Waals surface area contributed by atoms with Gasteiger partial charge in [0.1, 0.15) is 22.5 Å². The SMILES string of the molecule is N#Cc1c(NC(=O)c2cnn3c2N[C@H](c2cccs2)C[C@H]3C(F)(F)F)sc2c1CCCC2. The zero-order valence-electron chi connectivity index (χ0n) is 16.7. The largest absolute Gasteiger partial charge is 0.410 e. The van der Waals surface area contributed by atoms with Crippen LogP contribution in [-0.2, 0) is 12.8 Å². The lowest BCUT2D eigenvalue weighted by Crippen LogP contribution is -2.36. The molecule has 0 aromatic carbocycles. The second-order valence-electron chi connectivity index (χ2n) is 7.84. The molecule has 32 heavy (non-hydrogen) atoms. The fraction of sp³-hybridized carbons (Fsp3) is 0.381. The Bertz CT molecular complexity index is 1210. The number of carbonyl (C=O) groups excluding carboxylic acids is 1. The molecular formula is C21H18F3N5OS2. The number of fused-ring (bicyclic) bond motifs is 2. The lowest BCUT2D eigenvalue weighted by Gasteiger charge is -2.33. The van der Waals surface area contributed by atoms with Crippen molar-refractivity contribution < 1.29 is 18.0 Å². The van der Waals surface area contributed by atoms with Gasteiger partial charge in [-0.1, -0.05) is 6.07 Å². The highest BCUT2D eigenvalue weighted by Crippen LogP contribution is 2.45. The summed E-state index contributed by atoms with van der Waals surface area (Å²) in [4.78, 5) is 14.9. The molecule has 0 unspecified atom stereocenters. The molecule has 0 saturated heterocycles. The number of nitriles is 1. The van der Waals surface area contributed by atoms with Crippen molar-refractivity contribution in [1.29, 1.82) is 5.26 Å². The Kier molecular flexibility index (Phi) is 5.22. The monoisotopic (exact) mass is 477 g/mol. The number of thiophene rings is 2. The molecule has 11 heteroatoms. The number of amides is 1. The molecule has 2 aliphatic rings. The summed E-state index contributed by atoms with van der Waals surface area (Å²) in [6.07, 6.45) is 0.136. The van der Waals surface area contributed by atoms with E-state index in [0.717, 1.165) is 51.9 Å². The molecule has 2 atom stereocenters. The summed E-state index contributed by atoms with van der Waals surface area (Å²) >= 11 is 2.73. The maximum Gasteiger partial charge on any atom is 0.410 e. The highest BCUT2D eigenvalue weighted by Gasteiger charge is 2.47. The molecule has 0 radical (unpaired) electrons. The van der Waals surface area contributed by atoms with E-state index in [4.69, 9.17) is 0 Å². The molecule has 0 bridgehead atoms. The summed E-state index contributed by atoms with van der Waals surface area (Å²) in [6.45, 7) is 0. The number of halogens is 3. The highest BCUT2D eigenvalue weighted by atomic mass is 32.1. The van der Waals surface area contributed by atoms with Crippen molar-refractivity contribution >= 4 is 39.4 Å². The van der Waals surface area contributed by atoms with E-state index in [2.05, 4.69) is 21.8 Å². The van der Waals surface area contributed by atoms with Gasteiger partial charge in [-0.05, 0) is 42.7 Å². The number of rotatable bonds is 3. The van der Waals surface area contributed by atoms with Crippen LogP contribution in [-0.4, -0.2) is 21.9 Å². The van der Waals surface area contributed by atoms with Crippen molar-refractivity contribution in [1.82, 2.24) is 9.78 Å². The molecule has 0 spiro atoms. The van der Waals surface area contributed by atoms with E-state index in [-0.39, 0.29) is 17.8 Å². The Labute approximate surface area is 189 Å². The predicted octanol–water partition coefficient (Wildman–Crippen LogP) is 5.67. The second-order valence-corrected chi connectivity index (χ2v) is 9.92. The molecule has 0 saturated carbocycles. The molecule has 5 rings (SSSR count). The molecule has 3 aromatic rings. The zero-order valence-corrected chi connectivity index (χ0v) is 18.3. The first kappa shape index (κ1) is 21.0. The van der Waals surface area contributed by atoms with Gasteiger partial charge in [0.15, 0.2) is 6.04 Å². The highest BCUT2D eigenvalue weighted by molar-refractivity contribution is 7.16. The van der Waals surface area contributed by atoms with E-state index in [0.29, 0.717) is 10.6 Å². The third-order valence-corrected chi connectivity index (χ3v) is 8.07. The number of aryl methyl sites for hydroxylation is 1. The number of aromatic nitrogens is 2. The van der Waals surface area contributed by atoms with Gasteiger partial charge in [0.2, 0.25) is 0 Å². The van der Waals surface area contributed by atoms with Gasteiger partial charge in [0, 0.05) is 16.2 Å². The van der Waals surface area contributed by atoms with Crippen molar-refractivity contribution in [2.75, 3.05) is 10.6 Å². The van der Waals surface area contributed by atoms with Crippen LogP contribution in [0.15, 0.2) is 23.7 Å². The Balaban J connectivity index is 1.49. The number of hydrogen-bond donors (Lipinski definition) is 2. The lowest BCUT2D eigenvalue weighted by molar-refractivity contribution is -0.173. The van der Waals surface area contributed by atoms with Crippen molar-refractivity contribution in [3.63, 3.8) is 0 Å². The summed E-state index contributed by atoms with van der Waals surface area (Å²) < 4.78 is 42.3. The number of carbonyl (C=O) groups is 1. The molecule has 1 aliphatic carbocycles. The summed E-state index contributed by atoms with van der Waals surface area (Å²) in [7, 11) is 0. The summed E-state index contributed by atoms with van der Waals surface area (Å²) in [5.74, 6) is -0.545. The van der Waals surface area contributed by atoms with E-state index >= 15 is 0 Å². The average Bonchev–Trinajstić information content (AvgIpc) is 3.49. The van der Waals surface area contributed by atoms with E-state index in [1.165, 1.54) is 22.7 Å². The maximum atomic E-state index is 13.8. The molecule has 4 heterocycles. The average molecular weight is 478 g/mol. The topological polar surface area (TPSA) is 82.7 Å². The molecule has 1 aliphatic heterocycles. The Morgan fingerprint density at radius 3 is 2.88 bits per heavy atom. The number of nitrogens with zero attached hydrogens (tertiary/aromatic N) is 3. The Hall–Kier alpha value is -2.84. The van der Waals surface area contributed by atoms with Gasteiger partial charge in [0.05, 0.1) is 17.8 Å². The third kappa shape index (κ3) is 3.57. The fourth-order valence-electron chi connectivity index (χ4n) is 4.35. The van der Waals surface area contributed by atoms with Crippen LogP contribution in [0, 0.1) is 11.3 Å². The van der Waals surface area contributed by atoms with Gasteiger partial charge in [-0.3, -0.25) is 4.79 Å². The van der Waals surface area contributed by atoms with Crippen LogP contribution >= 0.6 is 22.7 Å². The zero-order chi connectivity index (χ0) is 22.5. The van der Waals surface area contributed by atoms with Gasteiger partial charge in [-0.15, -0.1) is 22.7 Å². The Morgan fingerprint density at radius 2 is 2.16 bits per heavy atom. The Morgan fingerprint density at radius 1 is 1.34 bits per heavy atom. The lowest BCUT2D eigenvalue weighted by atomic mass is 9.96. The fourth-order valence-corrected chi connectivity index (χ4v) is 6.37. The van der Waals surface area contributed by atoms with Crippen molar-refractivity contribution in [3.05, 3.63) is 50.2 Å². The number of anilines is 2. The van der Waals surface area contributed by atoms with Crippen LogP contribution in [0.4, 0.5) is 24.0 Å². The number of nitrogens with one attached hydrogen (secondary N) is 2. The second kappa shape index (κ2) is 7.94. The van der Waals surface area contributed by atoms with Crippen LogP contribution in [0.1, 0.15) is 62.6 Å². The van der Waals surface area contributed by atoms with E-state index in [9.17, 15) is 23.2 Å². The number of hydrogen-bond acceptors (Lipinski definition) is 6. The molecule has 2 N–H and O–H groups in total. The normalized spacial score (nSPS) is 20.1. The standard InChI is InChI=1S/C21H18F3N5OS2/c22-21(23,24)17-8-14(16-6-3-7-31-16)27-18-13(10-26-29(17)18)19(30)28-20-12(9-25)11-4-1-2-5-15(11)32-20/h3,6-7,10,14,17,27H,1-2,4-5,8H2,(H,28,30)/t14-,17-/m0/s1. The first-order chi connectivity index (χ1) is 15.4. The van der Waals surface area contributed by atoms with Crippen LogP contribution in [0.25, 0.3) is 0 Å². The van der Waals surface area contributed by atoms with Gasteiger partial charge in [0.25, 0.3) is 5.91 Å². The first-order valence-corrected chi connectivity index (χ1v) is 11.9. The van der Waals surface area contributed by atoms with Crippen LogP contribution < -0.4 is 10.6 Å². The van der Waals surface area contributed by atoms with E-state index in [1.807, 2.05) is 0 Å². The van der Waals surface area contributed by atoms with Gasteiger partial charge in [-0.25, -0.2) is 4.68 Å². The van der Waals surface area contributed by atoms with Crippen LogP contribution in [0.3, 0.4) is 0 Å². The molecular weight excluding hydrogens is 459 g/mol. The van der Waals surface area contributed by atoms with Gasteiger partial charge in [-0.2, -0.15) is 23.5 Å². The summed E-state index contributed by atoms with van der Waals surface area (Å²) in [5, 5.41) is 21.6. The van der Waals surface area contributed by atoms with E-state index < -0.39 is 24.2 Å². The minimum absolute atomic E-state index is 0.0239. The minimum atomic E-state index is -4.51. The van der Waals surface area contributed by atoms with Crippen LogP contribution in [0.2, 0.25) is 0 Å². The summed E-state index contributed by atoms with van der Waals surface area (Å²) in [5.41, 5.74) is 1.46. The van der Waals surface area contributed by atoms with Crippen LogP contribution in [0.5, 0.6) is 0 Å².